The van der Waals surface area contributed by atoms with E-state index in [1.807, 2.05) is 0 Å². The van der Waals surface area contributed by atoms with Crippen LogP contribution in [0.15, 0.2) is 0 Å². The molecule has 1 saturated heterocycles. The van der Waals surface area contributed by atoms with Crippen molar-refractivity contribution in [1.82, 2.24) is 4.90 Å². The van der Waals surface area contributed by atoms with Crippen LogP contribution in [0.2, 0.25) is 0 Å². The van der Waals surface area contributed by atoms with Gasteiger partial charge < -0.3 is 10.0 Å². The van der Waals surface area contributed by atoms with Crippen LogP contribution < -0.4 is 0 Å². The first-order chi connectivity index (χ1) is 5.72. The second-order valence-electron chi connectivity index (χ2n) is 3.55. The molecule has 0 radical (unpaired) electrons. The van der Waals surface area contributed by atoms with E-state index in [4.69, 9.17) is 5.11 Å². The van der Waals surface area contributed by atoms with Crippen molar-refractivity contribution in [2.45, 2.75) is 26.2 Å². The number of likely N-dealkylation sites (tertiary alicyclic amines) is 1. The standard InChI is InChI=1S/C9H17NO2/c1-2-4-10-5-3-8(7-10)6-9(11)12/h8H,2-7H2,1H3,(H,11,12). The minimum absolute atomic E-state index is 0.347. The first kappa shape index (κ1) is 9.52. The molecule has 1 atom stereocenters. The second kappa shape index (κ2) is 4.45. The van der Waals surface area contributed by atoms with Crippen LogP contribution in [0.4, 0.5) is 0 Å². The lowest BCUT2D eigenvalue weighted by atomic mass is 10.1. The van der Waals surface area contributed by atoms with Gasteiger partial charge in [0.05, 0.1) is 0 Å². The van der Waals surface area contributed by atoms with Crippen LogP contribution in [0.1, 0.15) is 26.2 Å². The van der Waals surface area contributed by atoms with Gasteiger partial charge in [-0.05, 0) is 31.8 Å². The monoisotopic (exact) mass is 171 g/mol. The number of hydrogen-bond donors (Lipinski definition) is 1. The molecule has 1 rings (SSSR count). The van der Waals surface area contributed by atoms with Crippen molar-refractivity contribution in [2.24, 2.45) is 5.92 Å². The SMILES string of the molecule is CCCN1CCC(CC(=O)O)C1. The summed E-state index contributed by atoms with van der Waals surface area (Å²) in [5.41, 5.74) is 0. The van der Waals surface area contributed by atoms with Gasteiger partial charge in [0.15, 0.2) is 0 Å². The zero-order valence-electron chi connectivity index (χ0n) is 7.62. The van der Waals surface area contributed by atoms with E-state index < -0.39 is 5.97 Å². The van der Waals surface area contributed by atoms with Crippen LogP contribution in [-0.4, -0.2) is 35.6 Å². The number of carboxylic acids is 1. The number of nitrogens with zero attached hydrogens (tertiary/aromatic N) is 1. The van der Waals surface area contributed by atoms with Crippen molar-refractivity contribution >= 4 is 5.97 Å². The maximum absolute atomic E-state index is 10.4. The molecule has 0 amide bonds. The van der Waals surface area contributed by atoms with E-state index in [0.29, 0.717) is 12.3 Å². The van der Waals surface area contributed by atoms with E-state index in [2.05, 4.69) is 11.8 Å². The van der Waals surface area contributed by atoms with Crippen LogP contribution in [0.5, 0.6) is 0 Å². The number of carbonyl (C=O) groups is 1. The van der Waals surface area contributed by atoms with Gasteiger partial charge in [0.1, 0.15) is 0 Å². The lowest BCUT2D eigenvalue weighted by molar-refractivity contribution is -0.138. The Labute approximate surface area is 73.4 Å². The highest BCUT2D eigenvalue weighted by Crippen LogP contribution is 2.19. The maximum Gasteiger partial charge on any atom is 0.303 e. The minimum Gasteiger partial charge on any atom is -0.481 e. The smallest absolute Gasteiger partial charge is 0.303 e. The molecule has 0 spiro atoms. The lowest BCUT2D eigenvalue weighted by Gasteiger charge is -2.13. The fourth-order valence-electron chi connectivity index (χ4n) is 1.85. The fraction of sp³-hybridized carbons (Fsp3) is 0.889. The molecule has 1 fully saturated rings. The summed E-state index contributed by atoms with van der Waals surface area (Å²) < 4.78 is 0. The van der Waals surface area contributed by atoms with Crippen molar-refractivity contribution in [3.8, 4) is 0 Å². The van der Waals surface area contributed by atoms with E-state index in [9.17, 15) is 4.79 Å². The van der Waals surface area contributed by atoms with Gasteiger partial charge in [0.2, 0.25) is 0 Å². The molecule has 0 saturated carbocycles. The Kier molecular flexibility index (Phi) is 3.53. The Morgan fingerprint density at radius 1 is 1.67 bits per heavy atom. The second-order valence-corrected chi connectivity index (χ2v) is 3.55. The largest absolute Gasteiger partial charge is 0.481 e. The van der Waals surface area contributed by atoms with Crippen molar-refractivity contribution in [3.05, 3.63) is 0 Å². The number of rotatable bonds is 4. The average molecular weight is 171 g/mol. The normalized spacial score (nSPS) is 24.6. The van der Waals surface area contributed by atoms with E-state index >= 15 is 0 Å². The molecule has 1 heterocycles. The Balaban J connectivity index is 2.21. The Bertz CT molecular complexity index is 159. The molecular weight excluding hydrogens is 154 g/mol. The summed E-state index contributed by atoms with van der Waals surface area (Å²) in [5, 5.41) is 8.57. The lowest BCUT2D eigenvalue weighted by Crippen LogP contribution is -2.21. The third kappa shape index (κ3) is 2.81. The van der Waals surface area contributed by atoms with Gasteiger partial charge >= 0.3 is 5.97 Å². The van der Waals surface area contributed by atoms with Gasteiger partial charge in [-0.1, -0.05) is 6.92 Å². The summed E-state index contributed by atoms with van der Waals surface area (Å²) in [7, 11) is 0. The van der Waals surface area contributed by atoms with Gasteiger partial charge in [-0.3, -0.25) is 4.79 Å². The van der Waals surface area contributed by atoms with E-state index in [-0.39, 0.29) is 0 Å². The molecule has 0 aromatic heterocycles. The summed E-state index contributed by atoms with van der Waals surface area (Å²) in [6.45, 7) is 5.35. The van der Waals surface area contributed by atoms with E-state index in [1.165, 1.54) is 6.42 Å². The molecule has 12 heavy (non-hydrogen) atoms. The molecule has 1 unspecified atom stereocenters. The minimum atomic E-state index is -0.654. The van der Waals surface area contributed by atoms with E-state index in [1.54, 1.807) is 0 Å². The van der Waals surface area contributed by atoms with Crippen LogP contribution in [0.25, 0.3) is 0 Å². The van der Waals surface area contributed by atoms with E-state index in [0.717, 1.165) is 26.1 Å². The molecule has 0 aromatic carbocycles. The van der Waals surface area contributed by atoms with Crippen molar-refractivity contribution in [3.63, 3.8) is 0 Å². The molecule has 1 aliphatic rings. The molecule has 70 valence electrons. The van der Waals surface area contributed by atoms with Crippen molar-refractivity contribution in [2.75, 3.05) is 19.6 Å². The maximum atomic E-state index is 10.4. The van der Waals surface area contributed by atoms with Gasteiger partial charge in [0.25, 0.3) is 0 Å². The zero-order chi connectivity index (χ0) is 8.97. The first-order valence-corrected chi connectivity index (χ1v) is 4.66. The predicted octanol–water partition coefficient (Wildman–Crippen LogP) is 1.19. The van der Waals surface area contributed by atoms with Crippen LogP contribution in [-0.2, 0) is 4.79 Å². The number of carboxylic acid groups (broad SMARTS) is 1. The number of hydrogen-bond acceptors (Lipinski definition) is 2. The Morgan fingerprint density at radius 3 is 3.00 bits per heavy atom. The fourth-order valence-corrected chi connectivity index (χ4v) is 1.85. The molecule has 1 aliphatic heterocycles. The summed E-state index contributed by atoms with van der Waals surface area (Å²) >= 11 is 0. The molecule has 3 heteroatoms. The molecular formula is C9H17NO2. The third-order valence-corrected chi connectivity index (χ3v) is 2.37. The molecule has 3 nitrogen and oxygen atoms in total. The van der Waals surface area contributed by atoms with Crippen molar-refractivity contribution < 1.29 is 9.90 Å². The number of aliphatic carboxylic acids is 1. The Hall–Kier alpha value is -0.570. The summed E-state index contributed by atoms with van der Waals surface area (Å²) in [6.07, 6.45) is 2.58. The van der Waals surface area contributed by atoms with Gasteiger partial charge in [-0.2, -0.15) is 0 Å². The quantitative estimate of drug-likeness (QED) is 0.690. The summed E-state index contributed by atoms with van der Waals surface area (Å²) in [6, 6.07) is 0. The highest BCUT2D eigenvalue weighted by atomic mass is 16.4. The average Bonchev–Trinajstić information content (AvgIpc) is 2.36. The molecule has 0 aromatic rings. The highest BCUT2D eigenvalue weighted by molar-refractivity contribution is 5.67. The summed E-state index contributed by atoms with van der Waals surface area (Å²) in [4.78, 5) is 12.8. The van der Waals surface area contributed by atoms with Gasteiger partial charge in [-0.25, -0.2) is 0 Å². The van der Waals surface area contributed by atoms with Crippen LogP contribution >= 0.6 is 0 Å². The highest BCUT2D eigenvalue weighted by Gasteiger charge is 2.23. The van der Waals surface area contributed by atoms with Gasteiger partial charge in [0, 0.05) is 13.0 Å². The topological polar surface area (TPSA) is 40.5 Å². The van der Waals surface area contributed by atoms with Crippen LogP contribution in [0, 0.1) is 5.92 Å². The first-order valence-electron chi connectivity index (χ1n) is 4.66. The third-order valence-electron chi connectivity index (χ3n) is 2.37. The van der Waals surface area contributed by atoms with Crippen molar-refractivity contribution in [1.29, 1.82) is 0 Å². The Morgan fingerprint density at radius 2 is 2.42 bits per heavy atom. The predicted molar refractivity (Wildman–Crippen MR) is 47.1 cm³/mol. The van der Waals surface area contributed by atoms with Crippen LogP contribution in [0.3, 0.4) is 0 Å². The molecule has 0 bridgehead atoms. The zero-order valence-corrected chi connectivity index (χ0v) is 7.62. The van der Waals surface area contributed by atoms with Gasteiger partial charge in [-0.15, -0.1) is 0 Å². The summed E-state index contributed by atoms with van der Waals surface area (Å²) in [5.74, 6) is -0.257. The molecule has 1 N–H and O–H groups in total. The molecule has 0 aliphatic carbocycles.